The first kappa shape index (κ1) is 15.7. The van der Waals surface area contributed by atoms with Crippen molar-refractivity contribution in [3.05, 3.63) is 27.5 Å². The van der Waals surface area contributed by atoms with Crippen LogP contribution in [-0.4, -0.2) is 32.4 Å². The predicted molar refractivity (Wildman–Crippen MR) is 83.6 cm³/mol. The van der Waals surface area contributed by atoms with Crippen LogP contribution in [0.2, 0.25) is 0 Å². The first-order chi connectivity index (χ1) is 9.45. The van der Waals surface area contributed by atoms with Crippen LogP contribution >= 0.6 is 11.3 Å². The van der Waals surface area contributed by atoms with Crippen LogP contribution < -0.4 is 5.32 Å². The number of nitrogens with one attached hydrogen (secondary N) is 1. The Hall–Kier alpha value is -0.690. The minimum Gasteiger partial charge on any atom is -0.312 e. The smallest absolute Gasteiger partial charge is 0.244 e. The van der Waals surface area contributed by atoms with Crippen LogP contribution in [0.3, 0.4) is 0 Å². The Morgan fingerprint density at radius 1 is 1.40 bits per heavy atom. The van der Waals surface area contributed by atoms with E-state index in [0.29, 0.717) is 18.0 Å². The molecule has 0 amide bonds. The third kappa shape index (κ3) is 3.31. The van der Waals surface area contributed by atoms with E-state index >= 15 is 0 Å². The Morgan fingerprint density at radius 3 is 2.80 bits per heavy atom. The predicted octanol–water partition coefficient (Wildman–Crippen LogP) is 2.51. The van der Waals surface area contributed by atoms with Gasteiger partial charge in [0.1, 0.15) is 0 Å². The Balaban J connectivity index is 2.25. The molecule has 0 saturated heterocycles. The van der Waals surface area contributed by atoms with Gasteiger partial charge in [0.2, 0.25) is 10.0 Å². The molecule has 1 aromatic heterocycles. The lowest BCUT2D eigenvalue weighted by Crippen LogP contribution is -2.35. The van der Waals surface area contributed by atoms with Crippen molar-refractivity contribution in [1.82, 2.24) is 9.62 Å². The number of aryl methyl sites for hydroxylation is 1. The zero-order valence-corrected chi connectivity index (χ0v) is 13.9. The molecule has 0 saturated carbocycles. The van der Waals surface area contributed by atoms with E-state index in [1.54, 1.807) is 15.6 Å². The van der Waals surface area contributed by atoms with E-state index in [2.05, 4.69) is 11.4 Å². The second kappa shape index (κ2) is 6.39. The molecule has 1 aromatic rings. The summed E-state index contributed by atoms with van der Waals surface area (Å²) in [6.45, 7) is 8.63. The second-order valence-electron chi connectivity index (χ2n) is 5.09. The van der Waals surface area contributed by atoms with E-state index in [4.69, 9.17) is 0 Å². The summed E-state index contributed by atoms with van der Waals surface area (Å²) < 4.78 is 27.0. The van der Waals surface area contributed by atoms with Gasteiger partial charge in [-0.15, -0.1) is 11.3 Å². The fourth-order valence-corrected chi connectivity index (χ4v) is 5.41. The molecule has 1 N–H and O–H groups in total. The SMILES string of the molecule is CCNCc1cc(S(=O)(=O)N2CCC=C(C)C2)c(C)s1. The minimum absolute atomic E-state index is 0.477. The maximum atomic E-state index is 12.7. The van der Waals surface area contributed by atoms with Crippen LogP contribution in [-0.2, 0) is 16.6 Å². The molecule has 0 bridgehead atoms. The van der Waals surface area contributed by atoms with Crippen molar-refractivity contribution in [3.63, 3.8) is 0 Å². The van der Waals surface area contributed by atoms with Gasteiger partial charge < -0.3 is 5.32 Å². The summed E-state index contributed by atoms with van der Waals surface area (Å²) in [6, 6.07) is 1.83. The molecule has 0 spiro atoms. The number of hydrogen-bond acceptors (Lipinski definition) is 4. The van der Waals surface area contributed by atoms with Gasteiger partial charge in [-0.3, -0.25) is 0 Å². The summed E-state index contributed by atoms with van der Waals surface area (Å²) in [7, 11) is -3.35. The molecule has 1 aliphatic heterocycles. The number of nitrogens with zero attached hydrogens (tertiary/aromatic N) is 1. The number of hydrogen-bond donors (Lipinski definition) is 1. The molecule has 2 heterocycles. The molecule has 0 atom stereocenters. The first-order valence-corrected chi connectivity index (χ1v) is 9.16. The Labute approximate surface area is 125 Å². The largest absolute Gasteiger partial charge is 0.312 e. The van der Waals surface area contributed by atoms with Crippen molar-refractivity contribution in [2.45, 2.75) is 38.6 Å². The van der Waals surface area contributed by atoms with Gasteiger partial charge in [-0.25, -0.2) is 8.42 Å². The van der Waals surface area contributed by atoms with Gasteiger partial charge in [0.25, 0.3) is 0 Å². The topological polar surface area (TPSA) is 49.4 Å². The van der Waals surface area contributed by atoms with Crippen LogP contribution in [0, 0.1) is 6.92 Å². The molecule has 0 aliphatic carbocycles. The fourth-order valence-electron chi connectivity index (χ4n) is 2.34. The lowest BCUT2D eigenvalue weighted by molar-refractivity contribution is 0.428. The summed E-state index contributed by atoms with van der Waals surface area (Å²) in [4.78, 5) is 2.43. The Bertz CT molecular complexity index is 603. The molecule has 0 fully saturated rings. The van der Waals surface area contributed by atoms with Crippen molar-refractivity contribution in [3.8, 4) is 0 Å². The van der Waals surface area contributed by atoms with Gasteiger partial charge in [-0.05, 0) is 32.9 Å². The van der Waals surface area contributed by atoms with E-state index in [-0.39, 0.29) is 0 Å². The molecular formula is C14H22N2O2S2. The minimum atomic E-state index is -3.35. The average Bonchev–Trinajstić information content (AvgIpc) is 2.78. The number of rotatable bonds is 5. The van der Waals surface area contributed by atoms with E-state index in [9.17, 15) is 8.42 Å². The zero-order chi connectivity index (χ0) is 14.8. The van der Waals surface area contributed by atoms with Crippen LogP contribution in [0.4, 0.5) is 0 Å². The highest BCUT2D eigenvalue weighted by Gasteiger charge is 2.28. The van der Waals surface area contributed by atoms with E-state index < -0.39 is 10.0 Å². The highest BCUT2D eigenvalue weighted by atomic mass is 32.2. The van der Waals surface area contributed by atoms with Crippen molar-refractivity contribution in [2.24, 2.45) is 0 Å². The standard InChI is InChI=1S/C14H22N2O2S2/c1-4-15-9-13-8-14(12(3)19-13)20(17,18)16-7-5-6-11(2)10-16/h6,8,15H,4-5,7,9-10H2,1-3H3. The molecule has 0 radical (unpaired) electrons. The molecule has 20 heavy (non-hydrogen) atoms. The van der Waals surface area contributed by atoms with Gasteiger partial charge in [-0.1, -0.05) is 18.6 Å². The van der Waals surface area contributed by atoms with Gasteiger partial charge in [0.05, 0.1) is 4.90 Å². The van der Waals surface area contributed by atoms with Crippen LogP contribution in [0.5, 0.6) is 0 Å². The summed E-state index contributed by atoms with van der Waals surface area (Å²) in [5.41, 5.74) is 1.13. The third-order valence-corrected chi connectivity index (χ3v) is 6.54. The monoisotopic (exact) mass is 314 g/mol. The fraction of sp³-hybridized carbons (Fsp3) is 0.571. The van der Waals surface area contributed by atoms with Gasteiger partial charge in [0, 0.05) is 29.4 Å². The number of sulfonamides is 1. The molecule has 2 rings (SSSR count). The van der Waals surface area contributed by atoms with Gasteiger partial charge >= 0.3 is 0 Å². The van der Waals surface area contributed by atoms with E-state index in [0.717, 1.165) is 34.8 Å². The third-order valence-electron chi connectivity index (χ3n) is 3.39. The first-order valence-electron chi connectivity index (χ1n) is 6.91. The van der Waals surface area contributed by atoms with Crippen molar-refractivity contribution < 1.29 is 8.42 Å². The molecule has 0 unspecified atom stereocenters. The summed E-state index contributed by atoms with van der Waals surface area (Å²) in [5.74, 6) is 0. The molecule has 0 aromatic carbocycles. The van der Waals surface area contributed by atoms with Gasteiger partial charge in [-0.2, -0.15) is 4.31 Å². The van der Waals surface area contributed by atoms with Crippen LogP contribution in [0.25, 0.3) is 0 Å². The zero-order valence-electron chi connectivity index (χ0n) is 12.3. The maximum absolute atomic E-state index is 12.7. The van der Waals surface area contributed by atoms with E-state index in [1.165, 1.54) is 0 Å². The van der Waals surface area contributed by atoms with Crippen LogP contribution in [0.15, 0.2) is 22.6 Å². The molecule has 6 heteroatoms. The lowest BCUT2D eigenvalue weighted by Gasteiger charge is -2.25. The Kier molecular flexibility index (Phi) is 5.01. The molecule has 1 aliphatic rings. The van der Waals surface area contributed by atoms with E-state index in [1.807, 2.05) is 26.8 Å². The Morgan fingerprint density at radius 2 is 2.15 bits per heavy atom. The number of thiophene rings is 1. The summed E-state index contributed by atoms with van der Waals surface area (Å²) in [6.07, 6.45) is 2.92. The van der Waals surface area contributed by atoms with Crippen molar-refractivity contribution in [2.75, 3.05) is 19.6 Å². The quantitative estimate of drug-likeness (QED) is 0.850. The lowest BCUT2D eigenvalue weighted by atomic mass is 10.2. The molecular weight excluding hydrogens is 292 g/mol. The highest BCUT2D eigenvalue weighted by molar-refractivity contribution is 7.89. The van der Waals surface area contributed by atoms with Crippen molar-refractivity contribution >= 4 is 21.4 Å². The molecule has 4 nitrogen and oxygen atoms in total. The highest BCUT2D eigenvalue weighted by Crippen LogP contribution is 2.29. The van der Waals surface area contributed by atoms with Gasteiger partial charge in [0.15, 0.2) is 0 Å². The normalized spacial score (nSPS) is 17.2. The summed E-state index contributed by atoms with van der Waals surface area (Å²) in [5, 5.41) is 3.24. The average molecular weight is 314 g/mol. The second-order valence-corrected chi connectivity index (χ2v) is 8.34. The maximum Gasteiger partial charge on any atom is 0.244 e. The van der Waals surface area contributed by atoms with Crippen LogP contribution in [0.1, 0.15) is 30.0 Å². The summed E-state index contributed by atoms with van der Waals surface area (Å²) >= 11 is 1.56. The van der Waals surface area contributed by atoms with Crippen molar-refractivity contribution in [1.29, 1.82) is 0 Å². The molecule has 112 valence electrons.